The van der Waals surface area contributed by atoms with Crippen molar-refractivity contribution in [2.45, 2.75) is 6.92 Å². The number of benzene rings is 3. The molecule has 1 aromatic heterocycles. The molecule has 1 amide bonds. The second kappa shape index (κ2) is 9.53. The summed E-state index contributed by atoms with van der Waals surface area (Å²) in [5, 5.41) is 12.4. The van der Waals surface area contributed by atoms with Gasteiger partial charge in [-0.3, -0.25) is 9.78 Å². The number of hydrogen-bond acceptors (Lipinski definition) is 3. The van der Waals surface area contributed by atoms with Crippen LogP contribution < -0.4 is 16.0 Å². The van der Waals surface area contributed by atoms with Gasteiger partial charge in [0.1, 0.15) is 0 Å². The Morgan fingerprint density at radius 3 is 2.41 bits per heavy atom. The quantitative estimate of drug-likeness (QED) is 0.275. The molecule has 3 N–H and O–H groups in total. The molecular formula is C24H18Cl2N4OS. The monoisotopic (exact) mass is 480 g/mol. The Bertz CT molecular complexity index is 1340. The third-order valence-electron chi connectivity index (χ3n) is 4.69. The molecule has 0 aliphatic heterocycles. The fourth-order valence-electron chi connectivity index (χ4n) is 3.30. The number of nitrogens with zero attached hydrogens (tertiary/aromatic N) is 1. The molecule has 0 radical (unpaired) electrons. The smallest absolute Gasteiger partial charge is 0.221 e. The van der Waals surface area contributed by atoms with Crippen molar-refractivity contribution >= 4 is 74.3 Å². The number of carbonyl (C=O) groups excluding carboxylic acids is 1. The van der Waals surface area contributed by atoms with Crippen molar-refractivity contribution in [3.05, 3.63) is 83.0 Å². The molecule has 5 nitrogen and oxygen atoms in total. The fourth-order valence-corrected chi connectivity index (χ4v) is 3.96. The average Bonchev–Trinajstić information content (AvgIpc) is 2.76. The Labute approximate surface area is 200 Å². The van der Waals surface area contributed by atoms with Crippen molar-refractivity contribution in [2.75, 3.05) is 16.0 Å². The molecule has 0 spiro atoms. The van der Waals surface area contributed by atoms with Crippen LogP contribution in [0, 0.1) is 0 Å². The highest BCUT2D eigenvalue weighted by molar-refractivity contribution is 7.80. The maximum Gasteiger partial charge on any atom is 0.221 e. The SMILES string of the molecule is CC(=O)Nc1ccc(NC(=S)Nc2ccc(Cl)c(-c3nccc4ccccc34)c2)c(Cl)c1. The summed E-state index contributed by atoms with van der Waals surface area (Å²) in [6, 6.07) is 20.7. The predicted molar refractivity (Wildman–Crippen MR) is 138 cm³/mol. The number of pyridine rings is 1. The molecule has 3 aromatic carbocycles. The van der Waals surface area contributed by atoms with Gasteiger partial charge in [-0.15, -0.1) is 0 Å². The Kier molecular flexibility index (Phi) is 6.55. The lowest BCUT2D eigenvalue weighted by Gasteiger charge is -2.14. The second-order valence-electron chi connectivity index (χ2n) is 7.03. The van der Waals surface area contributed by atoms with E-state index in [0.717, 1.165) is 27.7 Å². The summed E-state index contributed by atoms with van der Waals surface area (Å²) >= 11 is 18.3. The van der Waals surface area contributed by atoms with Crippen molar-refractivity contribution < 1.29 is 4.79 Å². The molecule has 1 heterocycles. The minimum atomic E-state index is -0.168. The van der Waals surface area contributed by atoms with E-state index in [2.05, 4.69) is 20.9 Å². The Morgan fingerprint density at radius 1 is 0.875 bits per heavy atom. The van der Waals surface area contributed by atoms with Crippen LogP contribution in [0.2, 0.25) is 10.0 Å². The summed E-state index contributed by atoms with van der Waals surface area (Å²) in [5.74, 6) is -0.168. The standard InChI is InChI=1S/C24H18Cl2N4OS/c1-14(31)28-17-7-9-22(21(26)13-17)30-24(32)29-16-6-8-20(25)19(12-16)23-18-5-3-2-4-15(18)10-11-27-23/h2-13H,1H3,(H,28,31)(H2,29,30,32). The molecule has 0 aliphatic carbocycles. The Hall–Kier alpha value is -3.19. The minimum absolute atomic E-state index is 0.168. The lowest BCUT2D eigenvalue weighted by Crippen LogP contribution is -2.19. The molecule has 0 atom stereocenters. The van der Waals surface area contributed by atoms with E-state index in [-0.39, 0.29) is 5.91 Å². The van der Waals surface area contributed by atoms with E-state index in [1.165, 1.54) is 6.92 Å². The summed E-state index contributed by atoms with van der Waals surface area (Å²) in [6.45, 7) is 1.44. The number of anilines is 3. The van der Waals surface area contributed by atoms with Gasteiger partial charge in [-0.25, -0.2) is 0 Å². The maximum absolute atomic E-state index is 11.2. The molecule has 4 rings (SSSR count). The van der Waals surface area contributed by atoms with Gasteiger partial charge in [-0.2, -0.15) is 0 Å². The normalized spacial score (nSPS) is 10.6. The lowest BCUT2D eigenvalue weighted by molar-refractivity contribution is -0.114. The van der Waals surface area contributed by atoms with Gasteiger partial charge >= 0.3 is 0 Å². The molecule has 0 fully saturated rings. The van der Waals surface area contributed by atoms with Crippen LogP contribution in [0.3, 0.4) is 0 Å². The van der Waals surface area contributed by atoms with Gasteiger partial charge in [0.2, 0.25) is 5.91 Å². The molecule has 0 aliphatic rings. The van der Waals surface area contributed by atoms with Gasteiger partial charge in [0.25, 0.3) is 0 Å². The van der Waals surface area contributed by atoms with Crippen molar-refractivity contribution in [3.63, 3.8) is 0 Å². The number of fused-ring (bicyclic) bond motifs is 1. The second-order valence-corrected chi connectivity index (χ2v) is 8.25. The topological polar surface area (TPSA) is 66.1 Å². The van der Waals surface area contributed by atoms with E-state index in [0.29, 0.717) is 26.5 Å². The van der Waals surface area contributed by atoms with Crippen LogP contribution in [0.15, 0.2) is 72.9 Å². The summed E-state index contributed by atoms with van der Waals surface area (Å²) in [6.07, 6.45) is 1.77. The van der Waals surface area contributed by atoms with E-state index in [1.807, 2.05) is 42.5 Å². The zero-order chi connectivity index (χ0) is 22.7. The van der Waals surface area contributed by atoms with Gasteiger partial charge < -0.3 is 16.0 Å². The Morgan fingerprint density at radius 2 is 1.62 bits per heavy atom. The number of amides is 1. The Balaban J connectivity index is 1.56. The van der Waals surface area contributed by atoms with Crippen molar-refractivity contribution in [1.29, 1.82) is 0 Å². The summed E-state index contributed by atoms with van der Waals surface area (Å²) in [5.41, 5.74) is 3.57. The molecule has 8 heteroatoms. The highest BCUT2D eigenvalue weighted by atomic mass is 35.5. The first kappa shape index (κ1) is 22.0. The lowest BCUT2D eigenvalue weighted by atomic mass is 10.0. The number of nitrogens with one attached hydrogen (secondary N) is 3. The van der Waals surface area contributed by atoms with E-state index < -0.39 is 0 Å². The third-order valence-corrected chi connectivity index (χ3v) is 5.54. The van der Waals surface area contributed by atoms with Gasteiger partial charge in [0.15, 0.2) is 5.11 Å². The molecule has 0 saturated heterocycles. The molecule has 0 saturated carbocycles. The number of carbonyl (C=O) groups is 1. The fraction of sp³-hybridized carbons (Fsp3) is 0.0417. The van der Waals surface area contributed by atoms with E-state index >= 15 is 0 Å². The zero-order valence-corrected chi connectivity index (χ0v) is 19.3. The maximum atomic E-state index is 11.2. The summed E-state index contributed by atoms with van der Waals surface area (Å²) in [7, 11) is 0. The summed E-state index contributed by atoms with van der Waals surface area (Å²) in [4.78, 5) is 15.8. The number of thiocarbonyl (C=S) groups is 1. The molecule has 32 heavy (non-hydrogen) atoms. The number of hydrogen-bond donors (Lipinski definition) is 3. The molecular weight excluding hydrogens is 463 g/mol. The molecule has 0 unspecified atom stereocenters. The zero-order valence-electron chi connectivity index (χ0n) is 16.9. The largest absolute Gasteiger partial charge is 0.332 e. The third kappa shape index (κ3) is 4.99. The number of halogens is 2. The molecule has 0 bridgehead atoms. The first-order valence-electron chi connectivity index (χ1n) is 9.69. The first-order valence-corrected chi connectivity index (χ1v) is 10.9. The summed E-state index contributed by atoms with van der Waals surface area (Å²) < 4.78 is 0. The number of rotatable bonds is 4. The van der Waals surface area contributed by atoms with Gasteiger partial charge in [-0.1, -0.05) is 47.5 Å². The highest BCUT2D eigenvalue weighted by Crippen LogP contribution is 2.34. The van der Waals surface area contributed by atoms with Crippen molar-refractivity contribution in [2.24, 2.45) is 0 Å². The van der Waals surface area contributed by atoms with Crippen LogP contribution in [-0.4, -0.2) is 16.0 Å². The van der Waals surface area contributed by atoms with Gasteiger partial charge in [0, 0.05) is 35.4 Å². The van der Waals surface area contributed by atoms with Gasteiger partial charge in [0.05, 0.1) is 21.4 Å². The molecule has 160 valence electrons. The molecule has 4 aromatic rings. The van der Waals surface area contributed by atoms with Crippen LogP contribution in [-0.2, 0) is 4.79 Å². The van der Waals surface area contributed by atoms with E-state index in [4.69, 9.17) is 35.4 Å². The van der Waals surface area contributed by atoms with Crippen LogP contribution in [0.1, 0.15) is 6.92 Å². The van der Waals surface area contributed by atoms with E-state index in [9.17, 15) is 4.79 Å². The predicted octanol–water partition coefficient (Wildman–Crippen LogP) is 6.98. The minimum Gasteiger partial charge on any atom is -0.332 e. The number of aromatic nitrogens is 1. The first-order chi connectivity index (χ1) is 15.4. The van der Waals surface area contributed by atoms with Crippen molar-refractivity contribution in [3.8, 4) is 11.3 Å². The highest BCUT2D eigenvalue weighted by Gasteiger charge is 2.11. The van der Waals surface area contributed by atoms with Crippen LogP contribution in [0.5, 0.6) is 0 Å². The van der Waals surface area contributed by atoms with Crippen LogP contribution in [0.25, 0.3) is 22.0 Å². The van der Waals surface area contributed by atoms with Gasteiger partial charge in [-0.05, 0) is 60.1 Å². The average molecular weight is 481 g/mol. The van der Waals surface area contributed by atoms with E-state index in [1.54, 1.807) is 30.5 Å². The van der Waals surface area contributed by atoms with Crippen LogP contribution >= 0.6 is 35.4 Å². The van der Waals surface area contributed by atoms with Crippen molar-refractivity contribution in [1.82, 2.24) is 4.98 Å². The van der Waals surface area contributed by atoms with Crippen LogP contribution in [0.4, 0.5) is 17.1 Å².